The number of ether oxygens (including phenoxy) is 3. The highest BCUT2D eigenvalue weighted by atomic mass is 19.1. The van der Waals surface area contributed by atoms with Gasteiger partial charge in [-0.1, -0.05) is 6.07 Å². The number of carbonyl (C=O) groups excluding carboxylic acids is 2. The lowest BCUT2D eigenvalue weighted by Crippen LogP contribution is -2.40. The lowest BCUT2D eigenvalue weighted by atomic mass is 9.95. The average Bonchev–Trinajstić information content (AvgIpc) is 3.33. The lowest BCUT2D eigenvalue weighted by Gasteiger charge is -2.28. The molecular weight excluding hydrogens is 443 g/mol. The minimum atomic E-state index is -0.618. The molecule has 0 bridgehead atoms. The van der Waals surface area contributed by atoms with E-state index in [9.17, 15) is 19.1 Å². The summed E-state index contributed by atoms with van der Waals surface area (Å²) in [5.41, 5.74) is 2.52. The number of aliphatic hydroxyl groups excluding tert-OH is 1. The van der Waals surface area contributed by atoms with Crippen LogP contribution in [0.25, 0.3) is 0 Å². The number of rotatable bonds is 7. The minimum Gasteiger partial charge on any atom is -0.495 e. The lowest BCUT2D eigenvalue weighted by molar-refractivity contribution is -0.0425. The summed E-state index contributed by atoms with van der Waals surface area (Å²) in [6.45, 7) is 1.60. The maximum absolute atomic E-state index is 14.5. The first-order valence-corrected chi connectivity index (χ1v) is 11.3. The number of amides is 2. The summed E-state index contributed by atoms with van der Waals surface area (Å²) >= 11 is 0. The van der Waals surface area contributed by atoms with Gasteiger partial charge in [0.25, 0.3) is 11.8 Å². The van der Waals surface area contributed by atoms with Crippen molar-refractivity contribution in [2.45, 2.75) is 25.4 Å². The molecule has 2 aromatic carbocycles. The van der Waals surface area contributed by atoms with Gasteiger partial charge < -0.3 is 30.0 Å². The van der Waals surface area contributed by atoms with Gasteiger partial charge in [-0.3, -0.25) is 9.59 Å². The van der Waals surface area contributed by atoms with Crippen molar-refractivity contribution in [1.82, 2.24) is 10.6 Å². The van der Waals surface area contributed by atoms with Crippen LogP contribution in [0.5, 0.6) is 11.5 Å². The van der Waals surface area contributed by atoms with Gasteiger partial charge in [-0.25, -0.2) is 4.39 Å². The van der Waals surface area contributed by atoms with Gasteiger partial charge in [-0.05, 0) is 35.7 Å². The van der Waals surface area contributed by atoms with E-state index in [2.05, 4.69) is 10.6 Å². The number of hydrogen-bond donors (Lipinski definition) is 3. The molecule has 1 fully saturated rings. The van der Waals surface area contributed by atoms with E-state index in [1.807, 2.05) is 0 Å². The molecule has 4 rings (SSSR count). The Morgan fingerprint density at radius 3 is 2.74 bits per heavy atom. The van der Waals surface area contributed by atoms with Gasteiger partial charge in [-0.2, -0.15) is 0 Å². The summed E-state index contributed by atoms with van der Waals surface area (Å²) in [5.74, 6) is -0.399. The van der Waals surface area contributed by atoms with Crippen LogP contribution in [0.15, 0.2) is 24.3 Å². The van der Waals surface area contributed by atoms with E-state index in [-0.39, 0.29) is 24.0 Å². The Kier molecular flexibility index (Phi) is 7.33. The van der Waals surface area contributed by atoms with Crippen molar-refractivity contribution in [3.63, 3.8) is 0 Å². The molecule has 182 valence electrons. The molecule has 0 aliphatic carbocycles. The molecule has 3 N–H and O–H groups in total. The van der Waals surface area contributed by atoms with Gasteiger partial charge in [0.05, 0.1) is 37.6 Å². The van der Waals surface area contributed by atoms with E-state index >= 15 is 0 Å². The Morgan fingerprint density at radius 1 is 1.21 bits per heavy atom. The molecule has 2 aliphatic rings. The molecule has 0 spiro atoms. The molecule has 2 atom stereocenters. The number of nitrogens with one attached hydrogen (secondary N) is 2. The fourth-order valence-electron chi connectivity index (χ4n) is 4.49. The predicted molar refractivity (Wildman–Crippen MR) is 122 cm³/mol. The van der Waals surface area contributed by atoms with E-state index in [0.717, 1.165) is 11.1 Å². The summed E-state index contributed by atoms with van der Waals surface area (Å²) < 4.78 is 31.2. The van der Waals surface area contributed by atoms with E-state index in [4.69, 9.17) is 14.2 Å². The van der Waals surface area contributed by atoms with Crippen molar-refractivity contribution >= 4 is 11.8 Å². The Labute approximate surface area is 197 Å². The second-order valence-corrected chi connectivity index (χ2v) is 8.49. The fourth-order valence-corrected chi connectivity index (χ4v) is 4.49. The van der Waals surface area contributed by atoms with Crippen LogP contribution in [0, 0.1) is 11.7 Å². The third kappa shape index (κ3) is 4.85. The van der Waals surface area contributed by atoms with E-state index in [1.165, 1.54) is 26.3 Å². The second kappa shape index (κ2) is 10.4. The van der Waals surface area contributed by atoms with Crippen LogP contribution in [-0.2, 0) is 17.6 Å². The molecular formula is C25H29FN2O6. The standard InChI is InChI=1S/C25H29FN2O6/c1-27-24(30)17-4-3-14(10-20(17)26)9-16-11-19(23(32-2)18-6-8-34-22(16)18)25(31)28-12-15-5-7-33-13-21(15)29/h3-4,10-11,15,21,29H,5-9,12-13H2,1-2H3,(H,27,30)(H,28,31)/t15?,21-/m0/s1. The fraction of sp³-hybridized carbons (Fsp3) is 0.440. The van der Waals surface area contributed by atoms with Gasteiger partial charge >= 0.3 is 0 Å². The van der Waals surface area contributed by atoms with Crippen molar-refractivity contribution in [3.8, 4) is 11.5 Å². The maximum atomic E-state index is 14.5. The van der Waals surface area contributed by atoms with Crippen LogP contribution in [0.1, 0.15) is 43.8 Å². The number of hydrogen-bond acceptors (Lipinski definition) is 6. The number of carbonyl (C=O) groups is 2. The van der Waals surface area contributed by atoms with Crippen LogP contribution in [0.2, 0.25) is 0 Å². The van der Waals surface area contributed by atoms with Crippen molar-refractivity contribution in [2.75, 3.05) is 40.5 Å². The van der Waals surface area contributed by atoms with Crippen LogP contribution >= 0.6 is 0 Å². The second-order valence-electron chi connectivity index (χ2n) is 8.49. The zero-order chi connectivity index (χ0) is 24.2. The highest BCUT2D eigenvalue weighted by Crippen LogP contribution is 2.40. The average molecular weight is 473 g/mol. The van der Waals surface area contributed by atoms with Crippen molar-refractivity contribution in [1.29, 1.82) is 0 Å². The summed E-state index contributed by atoms with van der Waals surface area (Å²) in [6, 6.07) is 6.16. The van der Waals surface area contributed by atoms with E-state index in [0.29, 0.717) is 61.6 Å². The number of fused-ring (bicyclic) bond motifs is 1. The zero-order valence-electron chi connectivity index (χ0n) is 19.3. The molecule has 2 heterocycles. The first kappa shape index (κ1) is 24.0. The van der Waals surface area contributed by atoms with Crippen molar-refractivity contribution in [2.24, 2.45) is 5.92 Å². The third-order valence-corrected chi connectivity index (χ3v) is 6.34. The normalized spacial score (nSPS) is 19.2. The van der Waals surface area contributed by atoms with Gasteiger partial charge in [-0.15, -0.1) is 0 Å². The number of halogens is 1. The van der Waals surface area contributed by atoms with Crippen LogP contribution < -0.4 is 20.1 Å². The number of aliphatic hydroxyl groups is 1. The summed E-state index contributed by atoms with van der Waals surface area (Å²) in [5, 5.41) is 15.4. The Hall–Kier alpha value is -3.17. The third-order valence-electron chi connectivity index (χ3n) is 6.34. The van der Waals surface area contributed by atoms with Crippen molar-refractivity contribution in [3.05, 3.63) is 57.9 Å². The van der Waals surface area contributed by atoms with Crippen LogP contribution in [-0.4, -0.2) is 63.5 Å². The molecule has 0 aromatic heterocycles. The van der Waals surface area contributed by atoms with Crippen LogP contribution in [0.4, 0.5) is 4.39 Å². The van der Waals surface area contributed by atoms with Crippen LogP contribution in [0.3, 0.4) is 0 Å². The summed E-state index contributed by atoms with van der Waals surface area (Å²) in [4.78, 5) is 24.9. The minimum absolute atomic E-state index is 0.0298. The largest absolute Gasteiger partial charge is 0.495 e. The molecule has 9 heteroatoms. The van der Waals surface area contributed by atoms with E-state index < -0.39 is 17.8 Å². The monoisotopic (exact) mass is 472 g/mol. The molecule has 2 aliphatic heterocycles. The first-order valence-electron chi connectivity index (χ1n) is 11.3. The molecule has 1 unspecified atom stereocenters. The number of methoxy groups -OCH3 is 1. The first-order chi connectivity index (χ1) is 16.4. The molecule has 34 heavy (non-hydrogen) atoms. The summed E-state index contributed by atoms with van der Waals surface area (Å²) in [7, 11) is 2.96. The number of benzene rings is 2. The molecule has 8 nitrogen and oxygen atoms in total. The molecule has 0 radical (unpaired) electrons. The Balaban J connectivity index is 1.60. The van der Waals surface area contributed by atoms with Crippen molar-refractivity contribution < 1.29 is 33.3 Å². The molecule has 0 saturated carbocycles. The Bertz CT molecular complexity index is 1090. The smallest absolute Gasteiger partial charge is 0.255 e. The molecule has 1 saturated heterocycles. The Morgan fingerprint density at radius 2 is 2.03 bits per heavy atom. The SMILES string of the molecule is CNC(=O)c1ccc(Cc2cc(C(=O)NCC3CCOC[C@@H]3O)c(OC)c3c2OCC3)cc1F. The highest BCUT2D eigenvalue weighted by Gasteiger charge is 2.29. The van der Waals surface area contributed by atoms with Gasteiger partial charge in [0.15, 0.2) is 0 Å². The highest BCUT2D eigenvalue weighted by molar-refractivity contribution is 5.98. The molecule has 2 aromatic rings. The zero-order valence-corrected chi connectivity index (χ0v) is 19.3. The summed E-state index contributed by atoms with van der Waals surface area (Å²) in [6.07, 6.45) is 0.956. The van der Waals surface area contributed by atoms with Gasteiger partial charge in [0.1, 0.15) is 17.3 Å². The van der Waals surface area contributed by atoms with E-state index in [1.54, 1.807) is 12.1 Å². The maximum Gasteiger partial charge on any atom is 0.255 e. The van der Waals surface area contributed by atoms with Gasteiger partial charge in [0.2, 0.25) is 0 Å². The molecule has 2 amide bonds. The van der Waals surface area contributed by atoms with Gasteiger partial charge in [0, 0.05) is 44.5 Å². The quantitative estimate of drug-likeness (QED) is 0.568. The topological polar surface area (TPSA) is 106 Å². The predicted octanol–water partition coefficient (Wildman–Crippen LogP) is 1.85.